The van der Waals surface area contributed by atoms with Crippen LogP contribution in [0.3, 0.4) is 0 Å². The number of halogens is 1. The number of hydrogen-bond donors (Lipinski definition) is 0. The SMILES string of the molecule is CCCCCCC#C[CH]Cl. The first kappa shape index (κ1) is 9.85. The zero-order valence-corrected chi connectivity index (χ0v) is 7.25. The minimum atomic E-state index is 0.989. The van der Waals surface area contributed by atoms with Crippen LogP contribution in [0.25, 0.3) is 0 Å². The fourth-order valence-electron chi connectivity index (χ4n) is 0.751. The maximum absolute atomic E-state index is 5.24. The zero-order valence-electron chi connectivity index (χ0n) is 6.49. The fraction of sp³-hybridized carbons (Fsp3) is 0.667. The van der Waals surface area contributed by atoms with Crippen LogP contribution in [0.2, 0.25) is 0 Å². The van der Waals surface area contributed by atoms with Gasteiger partial charge in [-0.05, 0) is 6.42 Å². The molecule has 0 aliphatic carbocycles. The molecule has 0 aliphatic heterocycles. The third-order valence-corrected chi connectivity index (χ3v) is 1.42. The Hall–Kier alpha value is -0.150. The van der Waals surface area contributed by atoms with Crippen LogP contribution >= 0.6 is 11.6 Å². The summed E-state index contributed by atoms with van der Waals surface area (Å²) in [5.74, 6) is 7.05. The first-order chi connectivity index (χ1) is 4.91. The van der Waals surface area contributed by atoms with Gasteiger partial charge in [-0.25, -0.2) is 0 Å². The second-order valence-electron chi connectivity index (χ2n) is 2.24. The lowest BCUT2D eigenvalue weighted by atomic mass is 10.2. The summed E-state index contributed by atoms with van der Waals surface area (Å²) >= 11 is 5.24. The number of rotatable bonds is 4. The van der Waals surface area contributed by atoms with Crippen LogP contribution in [0.15, 0.2) is 0 Å². The average molecular weight is 158 g/mol. The summed E-state index contributed by atoms with van der Waals surface area (Å²) in [5, 5.41) is 0. The Morgan fingerprint density at radius 1 is 1.30 bits per heavy atom. The molecule has 0 bridgehead atoms. The molecular formula is C9H14Cl. The first-order valence-electron chi connectivity index (χ1n) is 3.82. The molecule has 0 amide bonds. The van der Waals surface area contributed by atoms with Crippen LogP contribution < -0.4 is 0 Å². The molecule has 0 nitrogen and oxygen atoms in total. The van der Waals surface area contributed by atoms with Crippen molar-refractivity contribution in [3.63, 3.8) is 0 Å². The van der Waals surface area contributed by atoms with Gasteiger partial charge in [0.15, 0.2) is 0 Å². The summed E-state index contributed by atoms with van der Waals surface area (Å²) in [6.07, 6.45) is 6.11. The molecule has 57 valence electrons. The van der Waals surface area contributed by atoms with E-state index in [2.05, 4.69) is 18.8 Å². The van der Waals surface area contributed by atoms with E-state index in [4.69, 9.17) is 11.6 Å². The molecule has 0 aromatic rings. The number of unbranched alkanes of at least 4 members (excludes halogenated alkanes) is 4. The highest BCUT2D eigenvalue weighted by molar-refractivity contribution is 6.25. The Balaban J connectivity index is 2.90. The molecule has 0 spiro atoms. The summed E-state index contributed by atoms with van der Waals surface area (Å²) in [6.45, 7) is 2.21. The van der Waals surface area contributed by atoms with E-state index in [9.17, 15) is 0 Å². The van der Waals surface area contributed by atoms with Crippen LogP contribution in [0.1, 0.15) is 39.0 Å². The standard InChI is InChI=1S/C9H14Cl/c1-2-3-4-5-6-7-8-9-10/h9H,2-6H2,1H3. The third kappa shape index (κ3) is 7.85. The second-order valence-corrected chi connectivity index (χ2v) is 2.46. The molecule has 0 heterocycles. The predicted molar refractivity (Wildman–Crippen MR) is 46.7 cm³/mol. The van der Waals surface area contributed by atoms with Crippen molar-refractivity contribution < 1.29 is 0 Å². The maximum Gasteiger partial charge on any atom is 0.122 e. The molecule has 0 fully saturated rings. The van der Waals surface area contributed by atoms with Crippen molar-refractivity contribution in [2.45, 2.75) is 39.0 Å². The van der Waals surface area contributed by atoms with Crippen molar-refractivity contribution in [2.75, 3.05) is 0 Å². The van der Waals surface area contributed by atoms with Crippen LogP contribution in [-0.4, -0.2) is 0 Å². The highest BCUT2D eigenvalue weighted by Gasteiger charge is 1.82. The van der Waals surface area contributed by atoms with Crippen molar-refractivity contribution in [1.82, 2.24) is 0 Å². The number of hydrogen-bond acceptors (Lipinski definition) is 0. The van der Waals surface area contributed by atoms with E-state index in [0.717, 1.165) is 6.42 Å². The summed E-state index contributed by atoms with van der Waals surface area (Å²) < 4.78 is 0. The third-order valence-electron chi connectivity index (χ3n) is 1.31. The summed E-state index contributed by atoms with van der Waals surface area (Å²) in [6, 6.07) is 0. The molecule has 0 unspecified atom stereocenters. The van der Waals surface area contributed by atoms with E-state index in [1.807, 2.05) is 0 Å². The molecule has 0 saturated heterocycles. The van der Waals surface area contributed by atoms with E-state index in [0.29, 0.717) is 0 Å². The largest absolute Gasteiger partial charge is 0.122 e. The van der Waals surface area contributed by atoms with Crippen LogP contribution in [0.5, 0.6) is 0 Å². The van der Waals surface area contributed by atoms with Crippen molar-refractivity contribution in [3.05, 3.63) is 5.88 Å². The Morgan fingerprint density at radius 3 is 2.70 bits per heavy atom. The van der Waals surface area contributed by atoms with Gasteiger partial charge in [-0.2, -0.15) is 0 Å². The van der Waals surface area contributed by atoms with Crippen molar-refractivity contribution in [3.8, 4) is 11.8 Å². The van der Waals surface area contributed by atoms with Gasteiger partial charge in [0.05, 0.1) is 0 Å². The molecular weight excluding hydrogens is 144 g/mol. The van der Waals surface area contributed by atoms with E-state index in [1.54, 1.807) is 0 Å². The Kier molecular flexibility index (Phi) is 8.72. The molecule has 1 radical (unpaired) electrons. The maximum atomic E-state index is 5.24. The lowest BCUT2D eigenvalue weighted by Crippen LogP contribution is -1.73. The topological polar surface area (TPSA) is 0 Å². The smallest absolute Gasteiger partial charge is 0.106 e. The second kappa shape index (κ2) is 8.85. The lowest BCUT2D eigenvalue weighted by Gasteiger charge is -1.91. The van der Waals surface area contributed by atoms with E-state index in [1.165, 1.54) is 31.6 Å². The Labute approximate surface area is 69.0 Å². The molecule has 0 aliphatic rings. The zero-order chi connectivity index (χ0) is 7.66. The van der Waals surface area contributed by atoms with Gasteiger partial charge in [-0.1, -0.05) is 32.1 Å². The average Bonchev–Trinajstić information content (AvgIpc) is 1.97. The predicted octanol–water partition coefficient (Wildman–Crippen LogP) is 3.36. The van der Waals surface area contributed by atoms with Crippen molar-refractivity contribution >= 4 is 11.6 Å². The van der Waals surface area contributed by atoms with Crippen molar-refractivity contribution in [2.24, 2.45) is 0 Å². The summed E-state index contributed by atoms with van der Waals surface area (Å²) in [7, 11) is 0. The first-order valence-corrected chi connectivity index (χ1v) is 4.25. The molecule has 0 N–H and O–H groups in total. The van der Waals surface area contributed by atoms with Gasteiger partial charge in [-0.3, -0.25) is 0 Å². The molecule has 10 heavy (non-hydrogen) atoms. The van der Waals surface area contributed by atoms with Gasteiger partial charge in [0.25, 0.3) is 0 Å². The minimum Gasteiger partial charge on any atom is -0.106 e. The van der Waals surface area contributed by atoms with Crippen molar-refractivity contribution in [1.29, 1.82) is 0 Å². The van der Waals surface area contributed by atoms with Gasteiger partial charge in [0, 0.05) is 6.42 Å². The van der Waals surface area contributed by atoms with Gasteiger partial charge in [0.1, 0.15) is 5.88 Å². The van der Waals surface area contributed by atoms with Crippen LogP contribution in [-0.2, 0) is 0 Å². The van der Waals surface area contributed by atoms with Gasteiger partial charge < -0.3 is 0 Å². The van der Waals surface area contributed by atoms with Gasteiger partial charge in [0.2, 0.25) is 0 Å². The normalized spacial score (nSPS) is 8.60. The molecule has 0 atom stereocenters. The van der Waals surface area contributed by atoms with Crippen LogP contribution in [0, 0.1) is 17.7 Å². The van der Waals surface area contributed by atoms with E-state index >= 15 is 0 Å². The van der Waals surface area contributed by atoms with E-state index in [-0.39, 0.29) is 0 Å². The minimum absolute atomic E-state index is 0.989. The lowest BCUT2D eigenvalue weighted by molar-refractivity contribution is 0.679. The van der Waals surface area contributed by atoms with E-state index < -0.39 is 0 Å². The van der Waals surface area contributed by atoms with Crippen LogP contribution in [0.4, 0.5) is 0 Å². The van der Waals surface area contributed by atoms with Gasteiger partial charge in [-0.15, -0.1) is 17.5 Å². The highest BCUT2D eigenvalue weighted by Crippen LogP contribution is 2.00. The molecule has 0 rings (SSSR count). The quantitative estimate of drug-likeness (QED) is 0.434. The summed E-state index contributed by atoms with van der Waals surface area (Å²) in [5.41, 5.74) is 0. The molecule has 0 saturated carbocycles. The molecule has 1 heteroatoms. The van der Waals surface area contributed by atoms with Gasteiger partial charge >= 0.3 is 0 Å². The molecule has 0 aromatic carbocycles. The Morgan fingerprint density at radius 2 is 2.10 bits per heavy atom. The summed E-state index contributed by atoms with van der Waals surface area (Å²) in [4.78, 5) is 0. The fourth-order valence-corrected chi connectivity index (χ4v) is 0.828. The monoisotopic (exact) mass is 157 g/mol. The molecule has 0 aromatic heterocycles. The highest BCUT2D eigenvalue weighted by atomic mass is 35.5. The Bertz CT molecular complexity index is 108.